The molecule has 0 aromatic rings. The Bertz CT molecular complexity index is 231. The molecule has 0 aliphatic carbocycles. The van der Waals surface area contributed by atoms with E-state index in [1.165, 1.54) is 0 Å². The number of carbonyl (C=O) groups excluding carboxylic acids is 1. The predicted molar refractivity (Wildman–Crippen MR) is 43.8 cm³/mol. The minimum absolute atomic E-state index is 0.266. The molecule has 0 fully saturated rings. The Morgan fingerprint density at radius 1 is 1.62 bits per heavy atom. The van der Waals surface area contributed by atoms with Crippen LogP contribution in [0.5, 0.6) is 0 Å². The summed E-state index contributed by atoms with van der Waals surface area (Å²) in [5.74, 6) is -0.594. The van der Waals surface area contributed by atoms with Crippen LogP contribution in [-0.4, -0.2) is 33.4 Å². The van der Waals surface area contributed by atoms with E-state index in [0.717, 1.165) is 6.08 Å². The van der Waals surface area contributed by atoms with Gasteiger partial charge in [0.05, 0.1) is 6.61 Å². The maximum absolute atomic E-state index is 10.8. The average molecular weight is 210 g/mol. The molecule has 76 valence electrons. The van der Waals surface area contributed by atoms with Crippen molar-refractivity contribution in [3.63, 3.8) is 0 Å². The van der Waals surface area contributed by atoms with Gasteiger partial charge in [-0.1, -0.05) is 6.08 Å². The Labute approximate surface area is 75.1 Å². The standard InChI is InChI=1S/C6H11O6P/c1-2-5(7)6(8)3-4-12-13(9,10)11/h2,5,7H,1,3-4H2,(H2,9,10,11). The molecule has 0 heterocycles. The zero-order valence-electron chi connectivity index (χ0n) is 6.79. The highest BCUT2D eigenvalue weighted by Gasteiger charge is 2.16. The van der Waals surface area contributed by atoms with Crippen molar-refractivity contribution in [1.29, 1.82) is 0 Å². The molecule has 1 atom stereocenters. The van der Waals surface area contributed by atoms with Gasteiger partial charge >= 0.3 is 7.82 Å². The average Bonchev–Trinajstić information content (AvgIpc) is 2.00. The second-order valence-electron chi connectivity index (χ2n) is 2.22. The van der Waals surface area contributed by atoms with E-state index in [9.17, 15) is 9.36 Å². The van der Waals surface area contributed by atoms with Crippen molar-refractivity contribution < 1.29 is 28.8 Å². The van der Waals surface area contributed by atoms with Gasteiger partial charge in [0.1, 0.15) is 6.10 Å². The Hall–Kier alpha value is -0.520. The summed E-state index contributed by atoms with van der Waals surface area (Å²) in [4.78, 5) is 27.2. The topological polar surface area (TPSA) is 104 Å². The maximum atomic E-state index is 10.8. The normalized spacial score (nSPS) is 13.8. The number of phosphoric ester groups is 1. The predicted octanol–water partition coefficient (Wildman–Crippen LogP) is -0.398. The van der Waals surface area contributed by atoms with Crippen molar-refractivity contribution in [2.24, 2.45) is 0 Å². The van der Waals surface area contributed by atoms with Crippen molar-refractivity contribution in [2.45, 2.75) is 12.5 Å². The van der Waals surface area contributed by atoms with Crippen molar-refractivity contribution in [3.05, 3.63) is 12.7 Å². The summed E-state index contributed by atoms with van der Waals surface area (Å²) >= 11 is 0. The molecular weight excluding hydrogens is 199 g/mol. The third-order valence-corrected chi connectivity index (χ3v) is 1.68. The smallest absolute Gasteiger partial charge is 0.381 e. The molecule has 0 aliphatic rings. The van der Waals surface area contributed by atoms with Crippen LogP contribution in [0.4, 0.5) is 0 Å². The highest BCUT2D eigenvalue weighted by atomic mass is 31.2. The number of hydrogen-bond acceptors (Lipinski definition) is 4. The molecule has 0 spiro atoms. The van der Waals surface area contributed by atoms with E-state index in [1.54, 1.807) is 0 Å². The maximum Gasteiger partial charge on any atom is 0.469 e. The lowest BCUT2D eigenvalue weighted by atomic mass is 10.2. The third-order valence-electron chi connectivity index (χ3n) is 1.16. The molecule has 6 nitrogen and oxygen atoms in total. The van der Waals surface area contributed by atoms with Crippen LogP contribution in [0.25, 0.3) is 0 Å². The number of aliphatic hydroxyl groups is 1. The van der Waals surface area contributed by atoms with Crippen LogP contribution in [0.2, 0.25) is 0 Å². The fourth-order valence-electron chi connectivity index (χ4n) is 0.544. The van der Waals surface area contributed by atoms with E-state index in [4.69, 9.17) is 14.9 Å². The third kappa shape index (κ3) is 6.62. The first-order valence-electron chi connectivity index (χ1n) is 3.40. The summed E-state index contributed by atoms with van der Waals surface area (Å²) < 4.78 is 14.1. The lowest BCUT2D eigenvalue weighted by molar-refractivity contribution is -0.125. The van der Waals surface area contributed by atoms with E-state index < -0.39 is 26.3 Å². The summed E-state index contributed by atoms with van der Waals surface area (Å²) in [6, 6.07) is 0. The zero-order chi connectivity index (χ0) is 10.5. The largest absolute Gasteiger partial charge is 0.469 e. The Balaban J connectivity index is 3.72. The lowest BCUT2D eigenvalue weighted by Crippen LogP contribution is -2.18. The van der Waals surface area contributed by atoms with E-state index in [-0.39, 0.29) is 6.42 Å². The molecule has 0 radical (unpaired) electrons. The monoisotopic (exact) mass is 210 g/mol. The van der Waals surface area contributed by atoms with E-state index in [1.807, 2.05) is 0 Å². The van der Waals surface area contributed by atoms with Crippen molar-refractivity contribution in [3.8, 4) is 0 Å². The van der Waals surface area contributed by atoms with Crippen molar-refractivity contribution >= 4 is 13.6 Å². The molecule has 7 heteroatoms. The van der Waals surface area contributed by atoms with Gasteiger partial charge in [-0.05, 0) is 0 Å². The molecule has 0 aliphatic heterocycles. The number of hydrogen-bond donors (Lipinski definition) is 3. The summed E-state index contributed by atoms with van der Waals surface area (Å²) in [5, 5.41) is 8.84. The number of aliphatic hydroxyl groups excluding tert-OH is 1. The van der Waals surface area contributed by atoms with Gasteiger partial charge in [0.25, 0.3) is 0 Å². The van der Waals surface area contributed by atoms with Gasteiger partial charge in [0, 0.05) is 6.42 Å². The van der Waals surface area contributed by atoms with Crippen LogP contribution in [-0.2, 0) is 13.9 Å². The first kappa shape index (κ1) is 12.5. The number of phosphoric acid groups is 1. The molecule has 0 bridgehead atoms. The van der Waals surface area contributed by atoms with E-state index >= 15 is 0 Å². The summed E-state index contributed by atoms with van der Waals surface area (Å²) in [6.45, 7) is 2.75. The van der Waals surface area contributed by atoms with E-state index in [2.05, 4.69) is 11.1 Å². The Kier molecular flexibility index (Phi) is 5.05. The highest BCUT2D eigenvalue weighted by Crippen LogP contribution is 2.35. The number of carbonyl (C=O) groups is 1. The van der Waals surface area contributed by atoms with Gasteiger partial charge in [-0.3, -0.25) is 9.32 Å². The van der Waals surface area contributed by atoms with Gasteiger partial charge in [0.2, 0.25) is 0 Å². The summed E-state index contributed by atoms with van der Waals surface area (Å²) in [5.41, 5.74) is 0. The van der Waals surface area contributed by atoms with Gasteiger partial charge in [0.15, 0.2) is 5.78 Å². The fraction of sp³-hybridized carbons (Fsp3) is 0.500. The first-order chi connectivity index (χ1) is 5.87. The zero-order valence-corrected chi connectivity index (χ0v) is 7.68. The Morgan fingerprint density at radius 3 is 2.54 bits per heavy atom. The molecule has 0 saturated carbocycles. The van der Waals surface area contributed by atoms with Crippen molar-refractivity contribution in [1.82, 2.24) is 0 Å². The Morgan fingerprint density at radius 2 is 2.15 bits per heavy atom. The fourth-order valence-corrected chi connectivity index (χ4v) is 0.874. The van der Waals surface area contributed by atoms with Gasteiger partial charge in [-0.25, -0.2) is 4.57 Å². The van der Waals surface area contributed by atoms with Crippen LogP contribution >= 0.6 is 7.82 Å². The first-order valence-corrected chi connectivity index (χ1v) is 4.93. The lowest BCUT2D eigenvalue weighted by Gasteiger charge is -2.05. The second-order valence-corrected chi connectivity index (χ2v) is 3.46. The van der Waals surface area contributed by atoms with Gasteiger partial charge in [-0.15, -0.1) is 6.58 Å². The molecule has 0 rings (SSSR count). The molecule has 3 N–H and O–H groups in total. The number of rotatable bonds is 6. The van der Waals surface area contributed by atoms with Crippen LogP contribution < -0.4 is 0 Å². The van der Waals surface area contributed by atoms with Crippen LogP contribution in [0.15, 0.2) is 12.7 Å². The SMILES string of the molecule is C=CC(O)C(=O)CCOP(=O)(O)O. The molecule has 1 unspecified atom stereocenters. The molecular formula is C6H11O6P. The van der Waals surface area contributed by atoms with E-state index in [0.29, 0.717) is 0 Å². The number of ketones is 1. The van der Waals surface area contributed by atoms with Crippen LogP contribution in [0.1, 0.15) is 6.42 Å². The minimum Gasteiger partial charge on any atom is -0.381 e. The molecule has 0 amide bonds. The van der Waals surface area contributed by atoms with Crippen LogP contribution in [0.3, 0.4) is 0 Å². The molecule has 0 saturated heterocycles. The second kappa shape index (κ2) is 5.26. The number of Topliss-reactive ketones (excluding diaryl/α,β-unsaturated/α-hetero) is 1. The van der Waals surface area contributed by atoms with Crippen LogP contribution in [0, 0.1) is 0 Å². The summed E-state index contributed by atoms with van der Waals surface area (Å²) in [6.07, 6.45) is -0.543. The highest BCUT2D eigenvalue weighted by molar-refractivity contribution is 7.46. The van der Waals surface area contributed by atoms with Gasteiger partial charge < -0.3 is 14.9 Å². The molecule has 13 heavy (non-hydrogen) atoms. The minimum atomic E-state index is -4.52. The molecule has 0 aromatic carbocycles. The van der Waals surface area contributed by atoms with Gasteiger partial charge in [-0.2, -0.15) is 0 Å². The van der Waals surface area contributed by atoms with Crippen molar-refractivity contribution in [2.75, 3.05) is 6.61 Å². The molecule has 0 aromatic heterocycles. The summed E-state index contributed by atoms with van der Waals surface area (Å²) in [7, 11) is -4.52. The quantitative estimate of drug-likeness (QED) is 0.407.